The molecule has 3 aromatic rings. The Balaban J connectivity index is 2.05. The molecule has 0 aliphatic heterocycles. The molecule has 0 unspecified atom stereocenters. The zero-order valence-corrected chi connectivity index (χ0v) is 11.1. The van der Waals surface area contributed by atoms with Gasteiger partial charge in [0.2, 0.25) is 5.78 Å². The zero-order chi connectivity index (χ0) is 15.7. The number of rotatable bonds is 3. The first-order valence-electron chi connectivity index (χ1n) is 6.34. The first-order valence-corrected chi connectivity index (χ1v) is 6.34. The van der Waals surface area contributed by atoms with E-state index in [1.54, 1.807) is 24.3 Å². The minimum absolute atomic E-state index is 0.0995. The van der Waals surface area contributed by atoms with Gasteiger partial charge in [0.25, 0.3) is 11.2 Å². The molecule has 0 saturated carbocycles. The van der Waals surface area contributed by atoms with Crippen LogP contribution in [0.3, 0.4) is 0 Å². The van der Waals surface area contributed by atoms with Crippen LogP contribution in [0.15, 0.2) is 53.3 Å². The maximum absolute atomic E-state index is 12.3. The normalized spacial score (nSPS) is 10.5. The van der Waals surface area contributed by atoms with E-state index in [1.165, 1.54) is 24.3 Å². The van der Waals surface area contributed by atoms with Crippen molar-refractivity contribution in [2.45, 2.75) is 0 Å². The average Bonchev–Trinajstić information content (AvgIpc) is 2.54. The number of carbonyl (C=O) groups is 1. The summed E-state index contributed by atoms with van der Waals surface area (Å²) in [5, 5.41) is 11.0. The Morgan fingerprint density at radius 1 is 1.09 bits per heavy atom. The minimum atomic E-state index is -0.551. The van der Waals surface area contributed by atoms with Crippen LogP contribution in [0.5, 0.6) is 0 Å². The molecule has 0 bridgehead atoms. The number of nitrogens with zero attached hydrogens (tertiary/aromatic N) is 2. The van der Waals surface area contributed by atoms with E-state index < -0.39 is 16.3 Å². The van der Waals surface area contributed by atoms with Gasteiger partial charge < -0.3 is 4.98 Å². The number of nitro benzene ring substituents is 1. The summed E-state index contributed by atoms with van der Waals surface area (Å²) < 4.78 is 0. The highest BCUT2D eigenvalue weighted by Gasteiger charge is 2.15. The van der Waals surface area contributed by atoms with Crippen LogP contribution in [0.2, 0.25) is 0 Å². The lowest BCUT2D eigenvalue weighted by atomic mass is 10.1. The Morgan fingerprint density at radius 3 is 2.45 bits per heavy atom. The lowest BCUT2D eigenvalue weighted by Gasteiger charge is -2.02. The smallest absolute Gasteiger partial charge is 0.269 e. The molecule has 0 radical (unpaired) electrons. The summed E-state index contributed by atoms with van der Waals surface area (Å²) in [7, 11) is 0. The Labute approximate surface area is 123 Å². The topological polar surface area (TPSA) is 106 Å². The number of aromatic amines is 1. The molecule has 7 heteroatoms. The molecule has 2 aromatic carbocycles. The largest absolute Gasteiger partial charge is 0.303 e. The number of nitrogens with one attached hydrogen (secondary N) is 1. The molecule has 1 N–H and O–H groups in total. The second-order valence-corrected chi connectivity index (χ2v) is 4.56. The zero-order valence-electron chi connectivity index (χ0n) is 11.1. The first-order chi connectivity index (χ1) is 10.6. The minimum Gasteiger partial charge on any atom is -0.303 e. The monoisotopic (exact) mass is 295 g/mol. The number of aromatic nitrogens is 2. The number of nitro groups is 1. The van der Waals surface area contributed by atoms with Crippen LogP contribution in [0, 0.1) is 10.1 Å². The second kappa shape index (κ2) is 5.21. The van der Waals surface area contributed by atoms with Crippen molar-refractivity contribution in [2.75, 3.05) is 0 Å². The summed E-state index contributed by atoms with van der Waals surface area (Å²) in [6.07, 6.45) is 0. The number of carbonyl (C=O) groups excluding carboxylic acids is 1. The molecule has 22 heavy (non-hydrogen) atoms. The summed E-state index contributed by atoms with van der Waals surface area (Å²) in [4.78, 5) is 40.9. The van der Waals surface area contributed by atoms with Gasteiger partial charge in [-0.1, -0.05) is 12.1 Å². The SMILES string of the molecule is O=C(c1ccc([N+](=O)[O-])cc1)c1nc2ccccc2c(=O)[nH]1. The molecular weight excluding hydrogens is 286 g/mol. The van der Waals surface area contributed by atoms with E-state index in [1.807, 2.05) is 0 Å². The van der Waals surface area contributed by atoms with Crippen molar-refractivity contribution >= 4 is 22.4 Å². The number of non-ortho nitro benzene ring substituents is 1. The van der Waals surface area contributed by atoms with Crippen molar-refractivity contribution in [3.63, 3.8) is 0 Å². The predicted molar refractivity (Wildman–Crippen MR) is 78.9 cm³/mol. The first kappa shape index (κ1) is 13.6. The quantitative estimate of drug-likeness (QED) is 0.452. The van der Waals surface area contributed by atoms with Crippen molar-refractivity contribution in [3.05, 3.63) is 80.4 Å². The van der Waals surface area contributed by atoms with Crippen molar-refractivity contribution in [3.8, 4) is 0 Å². The molecule has 0 amide bonds. The van der Waals surface area contributed by atoms with E-state index in [2.05, 4.69) is 9.97 Å². The van der Waals surface area contributed by atoms with E-state index >= 15 is 0 Å². The third-order valence-corrected chi connectivity index (χ3v) is 3.17. The third-order valence-electron chi connectivity index (χ3n) is 3.17. The van der Waals surface area contributed by atoms with Gasteiger partial charge in [-0.15, -0.1) is 0 Å². The summed E-state index contributed by atoms with van der Waals surface area (Å²) in [6.45, 7) is 0. The van der Waals surface area contributed by atoms with Crippen molar-refractivity contribution in [1.82, 2.24) is 9.97 Å². The Hall–Kier alpha value is -3.35. The Kier molecular flexibility index (Phi) is 3.23. The highest BCUT2D eigenvalue weighted by atomic mass is 16.6. The molecule has 0 atom stereocenters. The number of fused-ring (bicyclic) bond motifs is 1. The van der Waals surface area contributed by atoms with E-state index in [-0.39, 0.29) is 17.1 Å². The summed E-state index contributed by atoms with van der Waals surface area (Å²) in [5.74, 6) is -0.602. The van der Waals surface area contributed by atoms with Gasteiger partial charge in [0, 0.05) is 17.7 Å². The molecule has 108 valence electrons. The van der Waals surface area contributed by atoms with Crippen molar-refractivity contribution in [2.24, 2.45) is 0 Å². The van der Waals surface area contributed by atoms with Gasteiger partial charge in [0.15, 0.2) is 5.82 Å². The number of hydrogen-bond donors (Lipinski definition) is 1. The Morgan fingerprint density at radius 2 is 1.77 bits per heavy atom. The van der Waals surface area contributed by atoms with Crippen LogP contribution < -0.4 is 5.56 Å². The standard InChI is InChI=1S/C15H9N3O4/c19-13(9-5-7-10(8-6-9)18(21)22)14-16-12-4-2-1-3-11(12)15(20)17-14/h1-8H,(H,16,17,20). The molecule has 0 aliphatic rings. The van der Waals surface area contributed by atoms with Gasteiger partial charge in [-0.2, -0.15) is 0 Å². The highest BCUT2D eigenvalue weighted by Crippen LogP contribution is 2.14. The van der Waals surface area contributed by atoms with Gasteiger partial charge in [-0.3, -0.25) is 19.7 Å². The van der Waals surface area contributed by atoms with Crippen LogP contribution in [0.4, 0.5) is 5.69 Å². The second-order valence-electron chi connectivity index (χ2n) is 4.56. The molecule has 0 aliphatic carbocycles. The van der Waals surface area contributed by atoms with Gasteiger partial charge in [0.05, 0.1) is 15.8 Å². The maximum atomic E-state index is 12.3. The van der Waals surface area contributed by atoms with Crippen LogP contribution in [0.25, 0.3) is 10.9 Å². The van der Waals surface area contributed by atoms with Crippen LogP contribution in [-0.2, 0) is 0 Å². The van der Waals surface area contributed by atoms with E-state index in [4.69, 9.17) is 0 Å². The number of ketones is 1. The molecule has 7 nitrogen and oxygen atoms in total. The van der Waals surface area contributed by atoms with Crippen LogP contribution >= 0.6 is 0 Å². The third kappa shape index (κ3) is 2.35. The number of hydrogen-bond acceptors (Lipinski definition) is 5. The van der Waals surface area contributed by atoms with E-state index in [0.717, 1.165) is 0 Å². The maximum Gasteiger partial charge on any atom is 0.269 e. The molecule has 0 saturated heterocycles. The fraction of sp³-hybridized carbons (Fsp3) is 0. The Bertz CT molecular complexity index is 945. The average molecular weight is 295 g/mol. The highest BCUT2D eigenvalue weighted by molar-refractivity contribution is 6.07. The van der Waals surface area contributed by atoms with Gasteiger partial charge in [-0.25, -0.2) is 4.98 Å². The van der Waals surface area contributed by atoms with Crippen LogP contribution in [-0.4, -0.2) is 20.7 Å². The lowest BCUT2D eigenvalue weighted by molar-refractivity contribution is -0.384. The van der Waals surface area contributed by atoms with Gasteiger partial charge in [0.1, 0.15) is 0 Å². The van der Waals surface area contributed by atoms with Gasteiger partial charge in [-0.05, 0) is 24.3 Å². The summed E-state index contributed by atoms with van der Waals surface area (Å²) in [5.41, 5.74) is 0.105. The predicted octanol–water partition coefficient (Wildman–Crippen LogP) is 2.06. The van der Waals surface area contributed by atoms with E-state index in [9.17, 15) is 19.7 Å². The number of H-pyrrole nitrogens is 1. The summed E-state index contributed by atoms with van der Waals surface area (Å²) >= 11 is 0. The molecule has 0 fully saturated rings. The number of para-hydroxylation sites is 1. The van der Waals surface area contributed by atoms with Gasteiger partial charge >= 0.3 is 0 Å². The molecule has 1 heterocycles. The fourth-order valence-electron chi connectivity index (χ4n) is 2.07. The lowest BCUT2D eigenvalue weighted by Crippen LogP contribution is -2.16. The summed E-state index contributed by atoms with van der Waals surface area (Å²) in [6, 6.07) is 11.8. The molecule has 0 spiro atoms. The fourth-order valence-corrected chi connectivity index (χ4v) is 2.07. The van der Waals surface area contributed by atoms with Crippen molar-refractivity contribution < 1.29 is 9.72 Å². The molecule has 3 rings (SSSR count). The van der Waals surface area contributed by atoms with E-state index in [0.29, 0.717) is 10.9 Å². The molecule has 1 aromatic heterocycles. The van der Waals surface area contributed by atoms with Crippen molar-refractivity contribution in [1.29, 1.82) is 0 Å². The molecular formula is C15H9N3O4. The van der Waals surface area contributed by atoms with Crippen LogP contribution in [0.1, 0.15) is 16.2 Å². The number of benzene rings is 2.